The van der Waals surface area contributed by atoms with Crippen molar-refractivity contribution < 1.29 is 4.74 Å². The molecule has 1 fully saturated rings. The summed E-state index contributed by atoms with van der Waals surface area (Å²) in [6.07, 6.45) is 5.17. The van der Waals surface area contributed by atoms with Crippen LogP contribution in [0.2, 0.25) is 0 Å². The number of ether oxygens (including phenoxy) is 1. The molecule has 3 heterocycles. The molecule has 0 spiro atoms. The Morgan fingerprint density at radius 3 is 2.62 bits per heavy atom. The number of rotatable bonds is 3. The number of hydrogen-bond donors (Lipinski definition) is 1. The second kappa shape index (κ2) is 5.90. The highest BCUT2D eigenvalue weighted by Crippen LogP contribution is 2.21. The van der Waals surface area contributed by atoms with Crippen molar-refractivity contribution in [3.63, 3.8) is 0 Å². The van der Waals surface area contributed by atoms with E-state index in [1.54, 1.807) is 6.20 Å². The number of nitrogens with zero attached hydrogens (tertiary/aromatic N) is 5. The lowest BCUT2D eigenvalue weighted by molar-refractivity contribution is 0.436. The van der Waals surface area contributed by atoms with Crippen LogP contribution >= 0.6 is 0 Å². The summed E-state index contributed by atoms with van der Waals surface area (Å²) in [6, 6.07) is 3.89. The highest BCUT2D eigenvalue weighted by atomic mass is 16.5. The summed E-state index contributed by atoms with van der Waals surface area (Å²) in [4.78, 5) is 18.9. The van der Waals surface area contributed by atoms with Crippen molar-refractivity contribution in [1.29, 1.82) is 0 Å². The van der Waals surface area contributed by atoms with Gasteiger partial charge in [0.15, 0.2) is 0 Å². The number of piperidine rings is 1. The summed E-state index contributed by atoms with van der Waals surface area (Å²) in [6.45, 7) is 3.79. The topological polar surface area (TPSA) is 90.0 Å². The molecule has 7 nitrogen and oxygen atoms in total. The lowest BCUT2D eigenvalue weighted by Crippen LogP contribution is -2.31. The van der Waals surface area contributed by atoms with Crippen LogP contribution in [0.4, 0.5) is 11.9 Å². The van der Waals surface area contributed by atoms with Crippen molar-refractivity contribution >= 4 is 11.9 Å². The number of aromatic nitrogens is 4. The third-order valence-corrected chi connectivity index (χ3v) is 3.35. The Balaban J connectivity index is 1.81. The van der Waals surface area contributed by atoms with Gasteiger partial charge in [-0.25, -0.2) is 0 Å². The first-order chi connectivity index (χ1) is 10.2. The molecule has 2 aromatic heterocycles. The Hall–Kier alpha value is -2.44. The van der Waals surface area contributed by atoms with Crippen molar-refractivity contribution in [2.75, 3.05) is 23.7 Å². The fraction of sp³-hybridized carbons (Fsp3) is 0.429. The van der Waals surface area contributed by atoms with E-state index < -0.39 is 0 Å². The average molecular weight is 286 g/mol. The molecule has 0 atom stereocenters. The van der Waals surface area contributed by atoms with E-state index >= 15 is 0 Å². The van der Waals surface area contributed by atoms with Gasteiger partial charge in [-0.05, 0) is 38.3 Å². The molecule has 2 N–H and O–H groups in total. The van der Waals surface area contributed by atoms with E-state index in [4.69, 9.17) is 10.5 Å². The lowest BCUT2D eigenvalue weighted by atomic mass is 10.1. The van der Waals surface area contributed by atoms with E-state index in [1.807, 2.05) is 19.1 Å². The van der Waals surface area contributed by atoms with Crippen molar-refractivity contribution in [3.8, 4) is 11.8 Å². The van der Waals surface area contributed by atoms with Gasteiger partial charge in [0.1, 0.15) is 5.75 Å². The molecule has 1 aliphatic heterocycles. The van der Waals surface area contributed by atoms with Gasteiger partial charge in [0.05, 0.1) is 6.20 Å². The average Bonchev–Trinajstić information content (AvgIpc) is 2.50. The first kappa shape index (κ1) is 13.5. The van der Waals surface area contributed by atoms with Gasteiger partial charge in [-0.3, -0.25) is 4.98 Å². The SMILES string of the molecule is Cc1ccc(Oc2nc(N)nc(N3CCCCC3)n2)cn1. The van der Waals surface area contributed by atoms with E-state index in [-0.39, 0.29) is 12.0 Å². The zero-order valence-electron chi connectivity index (χ0n) is 12.0. The smallest absolute Gasteiger partial charge is 0.328 e. The van der Waals surface area contributed by atoms with Crippen molar-refractivity contribution in [2.24, 2.45) is 0 Å². The predicted octanol–water partition coefficient (Wildman–Crippen LogP) is 1.94. The number of aryl methyl sites for hydroxylation is 1. The van der Waals surface area contributed by atoms with Crippen LogP contribution in [0.15, 0.2) is 18.3 Å². The maximum atomic E-state index is 5.76. The van der Waals surface area contributed by atoms with Gasteiger partial charge in [-0.1, -0.05) is 0 Å². The monoisotopic (exact) mass is 286 g/mol. The molecule has 2 aromatic rings. The maximum absolute atomic E-state index is 5.76. The Morgan fingerprint density at radius 2 is 1.90 bits per heavy atom. The summed E-state index contributed by atoms with van der Waals surface area (Å²) < 4.78 is 5.61. The minimum absolute atomic E-state index is 0.167. The standard InChI is InChI=1S/C14H18N6O/c1-10-5-6-11(9-16-10)21-14-18-12(15)17-13(19-14)20-7-3-2-4-8-20/h5-6,9H,2-4,7-8H2,1H3,(H2,15,17,18,19). The van der Waals surface area contributed by atoms with Gasteiger partial charge in [0.2, 0.25) is 11.9 Å². The highest BCUT2D eigenvalue weighted by Gasteiger charge is 2.16. The summed E-state index contributed by atoms with van der Waals surface area (Å²) >= 11 is 0. The van der Waals surface area contributed by atoms with E-state index in [9.17, 15) is 0 Å². The molecule has 0 bridgehead atoms. The molecule has 0 unspecified atom stereocenters. The molecule has 0 saturated carbocycles. The summed E-state index contributed by atoms with van der Waals surface area (Å²) in [5, 5.41) is 0. The molecule has 110 valence electrons. The quantitative estimate of drug-likeness (QED) is 0.922. The molecule has 7 heteroatoms. The first-order valence-corrected chi connectivity index (χ1v) is 7.08. The van der Waals surface area contributed by atoms with Gasteiger partial charge in [0.25, 0.3) is 0 Å². The largest absolute Gasteiger partial charge is 0.422 e. The van der Waals surface area contributed by atoms with E-state index in [1.165, 1.54) is 6.42 Å². The molecule has 0 aliphatic carbocycles. The number of nitrogen functional groups attached to an aromatic ring is 1. The molecule has 0 radical (unpaired) electrons. The van der Waals surface area contributed by atoms with Crippen LogP contribution < -0.4 is 15.4 Å². The summed E-state index contributed by atoms with van der Waals surface area (Å²) in [5.41, 5.74) is 6.68. The maximum Gasteiger partial charge on any atom is 0.328 e. The molecule has 0 amide bonds. The normalized spacial score (nSPS) is 15.0. The molecule has 1 saturated heterocycles. The third kappa shape index (κ3) is 3.36. The molecule has 21 heavy (non-hydrogen) atoms. The number of nitrogens with two attached hydrogens (primary N) is 1. The van der Waals surface area contributed by atoms with Crippen LogP contribution in [-0.2, 0) is 0 Å². The Labute approximate surface area is 123 Å². The highest BCUT2D eigenvalue weighted by molar-refractivity contribution is 5.37. The number of hydrogen-bond acceptors (Lipinski definition) is 7. The zero-order valence-corrected chi connectivity index (χ0v) is 12.0. The van der Waals surface area contributed by atoms with Crippen molar-refractivity contribution in [3.05, 3.63) is 24.0 Å². The Bertz CT molecular complexity index is 609. The predicted molar refractivity (Wildman–Crippen MR) is 79.4 cm³/mol. The number of anilines is 2. The second-order valence-corrected chi connectivity index (χ2v) is 5.06. The molecular weight excluding hydrogens is 268 g/mol. The van der Waals surface area contributed by atoms with E-state index in [2.05, 4.69) is 24.8 Å². The minimum Gasteiger partial charge on any atom is -0.422 e. The van der Waals surface area contributed by atoms with Gasteiger partial charge in [0, 0.05) is 18.8 Å². The van der Waals surface area contributed by atoms with E-state index in [0.717, 1.165) is 31.6 Å². The van der Waals surface area contributed by atoms with Crippen LogP contribution in [0.1, 0.15) is 25.0 Å². The third-order valence-electron chi connectivity index (χ3n) is 3.35. The lowest BCUT2D eigenvalue weighted by Gasteiger charge is -2.26. The van der Waals surface area contributed by atoms with Crippen LogP contribution in [0.5, 0.6) is 11.8 Å². The second-order valence-electron chi connectivity index (χ2n) is 5.06. The van der Waals surface area contributed by atoms with Crippen LogP contribution in [0.3, 0.4) is 0 Å². The first-order valence-electron chi connectivity index (χ1n) is 7.08. The molecular formula is C14H18N6O. The molecule has 3 rings (SSSR count). The minimum atomic E-state index is 0.167. The molecule has 1 aliphatic rings. The fourth-order valence-corrected chi connectivity index (χ4v) is 2.26. The van der Waals surface area contributed by atoms with Gasteiger partial charge < -0.3 is 15.4 Å². The number of pyridine rings is 1. The zero-order chi connectivity index (χ0) is 14.7. The van der Waals surface area contributed by atoms with Crippen LogP contribution in [0.25, 0.3) is 0 Å². The van der Waals surface area contributed by atoms with Gasteiger partial charge in [-0.15, -0.1) is 0 Å². The van der Waals surface area contributed by atoms with Crippen molar-refractivity contribution in [1.82, 2.24) is 19.9 Å². The Kier molecular flexibility index (Phi) is 3.81. The summed E-state index contributed by atoms with van der Waals surface area (Å²) in [5.74, 6) is 1.33. The van der Waals surface area contributed by atoms with Gasteiger partial charge in [-0.2, -0.15) is 15.0 Å². The van der Waals surface area contributed by atoms with Gasteiger partial charge >= 0.3 is 6.01 Å². The summed E-state index contributed by atoms with van der Waals surface area (Å²) in [7, 11) is 0. The van der Waals surface area contributed by atoms with Crippen molar-refractivity contribution in [2.45, 2.75) is 26.2 Å². The van der Waals surface area contributed by atoms with Crippen LogP contribution in [0, 0.1) is 6.92 Å². The Morgan fingerprint density at radius 1 is 1.10 bits per heavy atom. The van der Waals surface area contributed by atoms with E-state index in [0.29, 0.717) is 11.7 Å². The van der Waals surface area contributed by atoms with Crippen LogP contribution in [-0.4, -0.2) is 33.0 Å². The molecule has 0 aromatic carbocycles. The fourth-order valence-electron chi connectivity index (χ4n) is 2.26.